The Morgan fingerprint density at radius 3 is 2.71 bits per heavy atom. The first-order chi connectivity index (χ1) is 13.4. The topological polar surface area (TPSA) is 83.7 Å². The molecule has 1 fully saturated rings. The van der Waals surface area contributed by atoms with Gasteiger partial charge in [-0.05, 0) is 25.8 Å². The summed E-state index contributed by atoms with van der Waals surface area (Å²) >= 11 is 0. The Bertz CT molecular complexity index is 1100. The van der Waals surface area contributed by atoms with Crippen LogP contribution in [-0.4, -0.2) is 58.5 Å². The molecule has 0 spiro atoms. The minimum atomic E-state index is -3.39. The molecule has 1 aromatic carbocycles. The third kappa shape index (κ3) is 3.35. The summed E-state index contributed by atoms with van der Waals surface area (Å²) in [5.74, 6) is 1.52. The molecule has 2 aromatic heterocycles. The number of rotatable bonds is 5. The summed E-state index contributed by atoms with van der Waals surface area (Å²) in [4.78, 5) is 10.8. The van der Waals surface area contributed by atoms with E-state index in [1.807, 2.05) is 44.2 Å². The summed E-state index contributed by atoms with van der Waals surface area (Å²) in [6.45, 7) is 5.35. The fourth-order valence-corrected chi connectivity index (χ4v) is 5.18. The normalized spacial score (nSPS) is 17.7. The smallest absolute Gasteiger partial charge is 0.254 e. The van der Waals surface area contributed by atoms with Gasteiger partial charge in [-0.3, -0.25) is 0 Å². The molecule has 1 atom stereocenters. The molecule has 1 saturated heterocycles. The number of sulfonamides is 1. The van der Waals surface area contributed by atoms with Gasteiger partial charge in [-0.25, -0.2) is 13.4 Å². The predicted octanol–water partition coefficient (Wildman–Crippen LogP) is 1.78. The fraction of sp³-hybridized carbons (Fsp3) is 0.421. The van der Waals surface area contributed by atoms with Crippen molar-refractivity contribution < 1.29 is 8.42 Å². The maximum absolute atomic E-state index is 12.9. The minimum Gasteiger partial charge on any atom is -0.355 e. The molecule has 1 aliphatic rings. The summed E-state index contributed by atoms with van der Waals surface area (Å²) in [6.07, 6.45) is 2.26. The number of aryl methyl sites for hydroxylation is 1. The van der Waals surface area contributed by atoms with Crippen LogP contribution in [0.15, 0.2) is 36.7 Å². The van der Waals surface area contributed by atoms with Crippen LogP contribution >= 0.6 is 0 Å². The van der Waals surface area contributed by atoms with E-state index in [1.54, 1.807) is 11.6 Å². The molecule has 1 unspecified atom stereocenters. The number of hydrogen-bond acceptors (Lipinski definition) is 6. The summed E-state index contributed by atoms with van der Waals surface area (Å²) < 4.78 is 29.1. The lowest BCUT2D eigenvalue weighted by Gasteiger charge is -2.26. The Morgan fingerprint density at radius 2 is 1.96 bits per heavy atom. The van der Waals surface area contributed by atoms with E-state index >= 15 is 0 Å². The molecule has 9 heteroatoms. The molecular formula is C19H24N6O2S. The maximum Gasteiger partial charge on any atom is 0.254 e. The molecule has 4 rings (SSSR count). The van der Waals surface area contributed by atoms with E-state index in [-0.39, 0.29) is 11.8 Å². The van der Waals surface area contributed by atoms with E-state index in [0.717, 1.165) is 35.6 Å². The standard InChI is InChI=1S/C19H24N6O2S/c1-14-15(2)22-19-20-13-21-25(19)18(14)24-10-9-17(11-24)23(3)28(26,27)12-16-7-5-4-6-8-16/h4-8,13,17H,9-12H2,1-3H3. The summed E-state index contributed by atoms with van der Waals surface area (Å²) in [5, 5.41) is 4.31. The van der Waals surface area contributed by atoms with Crippen LogP contribution in [0.5, 0.6) is 0 Å². The van der Waals surface area contributed by atoms with E-state index in [2.05, 4.69) is 20.0 Å². The fourth-order valence-electron chi connectivity index (χ4n) is 3.73. The van der Waals surface area contributed by atoms with Crippen molar-refractivity contribution in [2.24, 2.45) is 0 Å². The van der Waals surface area contributed by atoms with E-state index < -0.39 is 10.0 Å². The number of likely N-dealkylation sites (N-methyl/N-ethyl adjacent to an activating group) is 1. The van der Waals surface area contributed by atoms with Crippen molar-refractivity contribution >= 4 is 21.6 Å². The van der Waals surface area contributed by atoms with Gasteiger partial charge in [0, 0.05) is 37.4 Å². The Kier molecular flexibility index (Phi) is 4.80. The van der Waals surface area contributed by atoms with Gasteiger partial charge in [0.05, 0.1) is 5.75 Å². The largest absolute Gasteiger partial charge is 0.355 e. The molecule has 28 heavy (non-hydrogen) atoms. The summed E-state index contributed by atoms with van der Waals surface area (Å²) in [5.41, 5.74) is 2.74. The lowest BCUT2D eigenvalue weighted by molar-refractivity contribution is 0.389. The number of hydrogen-bond donors (Lipinski definition) is 0. The number of benzene rings is 1. The molecule has 0 aliphatic carbocycles. The molecule has 148 valence electrons. The van der Waals surface area contributed by atoms with Crippen LogP contribution in [0, 0.1) is 13.8 Å². The zero-order valence-corrected chi connectivity index (χ0v) is 17.1. The van der Waals surface area contributed by atoms with Crippen LogP contribution in [0.2, 0.25) is 0 Å². The van der Waals surface area contributed by atoms with Crippen molar-refractivity contribution in [2.75, 3.05) is 25.0 Å². The van der Waals surface area contributed by atoms with Crippen molar-refractivity contribution in [1.29, 1.82) is 0 Å². The number of nitrogens with zero attached hydrogens (tertiary/aromatic N) is 6. The second-order valence-electron chi connectivity index (χ2n) is 7.26. The van der Waals surface area contributed by atoms with Crippen molar-refractivity contribution in [3.8, 4) is 0 Å². The monoisotopic (exact) mass is 400 g/mol. The van der Waals surface area contributed by atoms with Gasteiger partial charge in [0.25, 0.3) is 5.78 Å². The van der Waals surface area contributed by atoms with E-state index in [4.69, 9.17) is 0 Å². The molecule has 0 bridgehead atoms. The number of anilines is 1. The maximum atomic E-state index is 12.9. The molecule has 0 saturated carbocycles. The predicted molar refractivity (Wildman–Crippen MR) is 108 cm³/mol. The Morgan fingerprint density at radius 1 is 1.21 bits per heavy atom. The van der Waals surface area contributed by atoms with Gasteiger partial charge < -0.3 is 4.90 Å². The summed E-state index contributed by atoms with van der Waals surface area (Å²) in [6, 6.07) is 9.21. The average Bonchev–Trinajstić information content (AvgIpc) is 3.32. The van der Waals surface area contributed by atoms with Crippen LogP contribution in [0.4, 0.5) is 5.82 Å². The molecule has 3 heterocycles. The zero-order chi connectivity index (χ0) is 19.9. The summed E-state index contributed by atoms with van der Waals surface area (Å²) in [7, 11) is -1.71. The molecule has 3 aromatic rings. The third-order valence-corrected chi connectivity index (χ3v) is 7.36. The zero-order valence-electron chi connectivity index (χ0n) is 16.3. The molecule has 0 radical (unpaired) electrons. The van der Waals surface area contributed by atoms with E-state index in [1.165, 1.54) is 10.6 Å². The van der Waals surface area contributed by atoms with Crippen molar-refractivity contribution in [3.63, 3.8) is 0 Å². The van der Waals surface area contributed by atoms with Crippen LogP contribution < -0.4 is 4.90 Å². The van der Waals surface area contributed by atoms with Crippen LogP contribution in [0.1, 0.15) is 23.2 Å². The lowest BCUT2D eigenvalue weighted by atomic mass is 10.2. The van der Waals surface area contributed by atoms with Crippen molar-refractivity contribution in [2.45, 2.75) is 32.1 Å². The van der Waals surface area contributed by atoms with Gasteiger partial charge in [-0.2, -0.15) is 18.9 Å². The highest BCUT2D eigenvalue weighted by Crippen LogP contribution is 2.28. The van der Waals surface area contributed by atoms with Gasteiger partial charge in [-0.15, -0.1) is 0 Å². The first-order valence-electron chi connectivity index (χ1n) is 9.28. The Hall–Kier alpha value is -2.52. The highest BCUT2D eigenvalue weighted by Gasteiger charge is 2.34. The second kappa shape index (κ2) is 7.14. The molecule has 8 nitrogen and oxygen atoms in total. The van der Waals surface area contributed by atoms with Gasteiger partial charge >= 0.3 is 0 Å². The van der Waals surface area contributed by atoms with Gasteiger partial charge in [0.2, 0.25) is 10.0 Å². The molecule has 0 N–H and O–H groups in total. The molecular weight excluding hydrogens is 376 g/mol. The van der Waals surface area contributed by atoms with Crippen molar-refractivity contribution in [3.05, 3.63) is 53.5 Å². The van der Waals surface area contributed by atoms with Gasteiger partial charge in [0.15, 0.2) is 0 Å². The first kappa shape index (κ1) is 18.8. The highest BCUT2D eigenvalue weighted by molar-refractivity contribution is 7.88. The lowest BCUT2D eigenvalue weighted by Crippen LogP contribution is -2.40. The third-order valence-electron chi connectivity index (χ3n) is 5.48. The Balaban J connectivity index is 1.56. The molecule has 0 amide bonds. The van der Waals surface area contributed by atoms with E-state index in [9.17, 15) is 8.42 Å². The molecule has 1 aliphatic heterocycles. The minimum absolute atomic E-state index is 0.0154. The number of aromatic nitrogens is 4. The average molecular weight is 401 g/mol. The van der Waals surface area contributed by atoms with Crippen LogP contribution in [-0.2, 0) is 15.8 Å². The Labute approximate surface area is 164 Å². The van der Waals surface area contributed by atoms with Gasteiger partial charge in [0.1, 0.15) is 12.1 Å². The first-order valence-corrected chi connectivity index (χ1v) is 10.9. The van der Waals surface area contributed by atoms with Crippen LogP contribution in [0.25, 0.3) is 5.78 Å². The van der Waals surface area contributed by atoms with Crippen molar-refractivity contribution in [1.82, 2.24) is 23.9 Å². The van der Waals surface area contributed by atoms with Crippen LogP contribution in [0.3, 0.4) is 0 Å². The second-order valence-corrected chi connectivity index (χ2v) is 9.29. The van der Waals surface area contributed by atoms with Gasteiger partial charge in [-0.1, -0.05) is 30.3 Å². The number of fused-ring (bicyclic) bond motifs is 1. The SMILES string of the molecule is Cc1nc2ncnn2c(N2CCC(N(C)S(=O)(=O)Cc3ccccc3)C2)c1C. The highest BCUT2D eigenvalue weighted by atomic mass is 32.2. The van der Waals surface area contributed by atoms with E-state index in [0.29, 0.717) is 12.3 Å². The quantitative estimate of drug-likeness (QED) is 0.649.